The number of halogens is 5. The normalized spacial score (nSPS) is 10.3. The van der Waals surface area contributed by atoms with Gasteiger partial charge < -0.3 is 10.5 Å². The minimum absolute atomic E-state index is 0. The summed E-state index contributed by atoms with van der Waals surface area (Å²) in [5.74, 6) is -0.273. The zero-order valence-electron chi connectivity index (χ0n) is 10.6. The molecule has 21 heavy (non-hydrogen) atoms. The van der Waals surface area contributed by atoms with Crippen LogP contribution in [0.15, 0.2) is 42.6 Å². The van der Waals surface area contributed by atoms with Crippen LogP contribution >= 0.6 is 24.8 Å². The highest BCUT2D eigenvalue weighted by Gasteiger charge is 2.31. The number of hydrogen-bond donors (Lipinski definition) is 1. The van der Waals surface area contributed by atoms with E-state index in [-0.39, 0.29) is 30.6 Å². The molecule has 116 valence electrons. The van der Waals surface area contributed by atoms with Crippen molar-refractivity contribution in [2.24, 2.45) is 5.73 Å². The smallest absolute Gasteiger partial charge is 0.406 e. The second-order valence-electron chi connectivity index (χ2n) is 3.83. The van der Waals surface area contributed by atoms with Crippen molar-refractivity contribution in [2.45, 2.75) is 12.9 Å². The molecule has 0 fully saturated rings. The summed E-state index contributed by atoms with van der Waals surface area (Å²) < 4.78 is 40.3. The van der Waals surface area contributed by atoms with Crippen molar-refractivity contribution in [2.75, 3.05) is 0 Å². The summed E-state index contributed by atoms with van der Waals surface area (Å²) >= 11 is 0. The molecular formula is C13H13Cl2F3N2O. The van der Waals surface area contributed by atoms with Gasteiger partial charge in [-0.3, -0.25) is 4.98 Å². The number of hydrogen-bond acceptors (Lipinski definition) is 3. The molecule has 1 aromatic heterocycles. The lowest BCUT2D eigenvalue weighted by Crippen LogP contribution is -2.17. The third-order valence-corrected chi connectivity index (χ3v) is 2.42. The van der Waals surface area contributed by atoms with Crippen LogP contribution in [-0.4, -0.2) is 11.3 Å². The SMILES string of the molecule is Cl.Cl.NCc1ccnc(-c2cccc(OC(F)(F)F)c2)c1. The molecule has 0 aliphatic carbocycles. The van der Waals surface area contributed by atoms with Gasteiger partial charge in [0.15, 0.2) is 0 Å². The van der Waals surface area contributed by atoms with E-state index in [2.05, 4.69) is 9.72 Å². The van der Waals surface area contributed by atoms with Gasteiger partial charge in [-0.15, -0.1) is 38.0 Å². The summed E-state index contributed by atoms with van der Waals surface area (Å²) in [4.78, 5) is 4.10. The van der Waals surface area contributed by atoms with E-state index in [1.165, 1.54) is 18.2 Å². The van der Waals surface area contributed by atoms with Crippen LogP contribution < -0.4 is 10.5 Å². The zero-order valence-corrected chi connectivity index (χ0v) is 12.3. The second-order valence-corrected chi connectivity index (χ2v) is 3.83. The second kappa shape index (κ2) is 8.07. The predicted molar refractivity (Wildman–Crippen MR) is 78.7 cm³/mol. The fraction of sp³-hybridized carbons (Fsp3) is 0.154. The Bertz CT molecular complexity index is 579. The first-order valence-corrected chi connectivity index (χ1v) is 5.49. The topological polar surface area (TPSA) is 48.1 Å². The van der Waals surface area contributed by atoms with E-state index >= 15 is 0 Å². The van der Waals surface area contributed by atoms with Crippen molar-refractivity contribution in [1.82, 2.24) is 4.98 Å². The summed E-state index contributed by atoms with van der Waals surface area (Å²) in [5.41, 5.74) is 7.45. The number of pyridine rings is 1. The largest absolute Gasteiger partial charge is 0.573 e. The van der Waals surface area contributed by atoms with Crippen LogP contribution in [0.2, 0.25) is 0 Å². The molecule has 3 nitrogen and oxygen atoms in total. The van der Waals surface area contributed by atoms with Crippen molar-refractivity contribution in [3.63, 3.8) is 0 Å². The molecule has 0 radical (unpaired) electrons. The maximum absolute atomic E-state index is 12.1. The van der Waals surface area contributed by atoms with E-state index in [9.17, 15) is 13.2 Å². The van der Waals surface area contributed by atoms with Crippen molar-refractivity contribution in [1.29, 1.82) is 0 Å². The number of nitrogens with two attached hydrogens (primary N) is 1. The molecule has 1 aromatic carbocycles. The number of rotatable bonds is 3. The number of nitrogens with zero attached hydrogens (tertiary/aromatic N) is 1. The summed E-state index contributed by atoms with van der Waals surface area (Å²) in [6.45, 7) is 0.342. The van der Waals surface area contributed by atoms with Gasteiger partial charge in [-0.2, -0.15) is 0 Å². The highest BCUT2D eigenvalue weighted by Crippen LogP contribution is 2.27. The fourth-order valence-corrected chi connectivity index (χ4v) is 1.61. The Kier molecular flexibility index (Phi) is 7.49. The zero-order chi connectivity index (χ0) is 13.9. The molecule has 1 heterocycles. The number of alkyl halides is 3. The first-order valence-electron chi connectivity index (χ1n) is 5.49. The Balaban J connectivity index is 0.00000200. The minimum atomic E-state index is -4.70. The Hall–Kier alpha value is -1.50. The molecule has 0 aliphatic rings. The highest BCUT2D eigenvalue weighted by molar-refractivity contribution is 5.85. The Morgan fingerprint density at radius 3 is 2.43 bits per heavy atom. The van der Waals surface area contributed by atoms with Crippen LogP contribution in [0.3, 0.4) is 0 Å². The van der Waals surface area contributed by atoms with E-state index in [0.717, 1.165) is 5.56 Å². The molecule has 8 heteroatoms. The van der Waals surface area contributed by atoms with Gasteiger partial charge in [0.2, 0.25) is 0 Å². The van der Waals surface area contributed by atoms with Gasteiger partial charge in [-0.25, -0.2) is 0 Å². The molecule has 0 saturated carbocycles. The van der Waals surface area contributed by atoms with Crippen LogP contribution in [0.1, 0.15) is 5.56 Å². The van der Waals surface area contributed by atoms with Gasteiger partial charge in [0.05, 0.1) is 5.69 Å². The van der Waals surface area contributed by atoms with Crippen LogP contribution in [0.4, 0.5) is 13.2 Å². The van der Waals surface area contributed by atoms with Crippen LogP contribution in [-0.2, 0) is 6.54 Å². The van der Waals surface area contributed by atoms with Crippen molar-refractivity contribution in [3.8, 4) is 17.0 Å². The number of benzene rings is 1. The minimum Gasteiger partial charge on any atom is -0.406 e. The Morgan fingerprint density at radius 1 is 1.10 bits per heavy atom. The molecule has 0 aliphatic heterocycles. The maximum Gasteiger partial charge on any atom is 0.573 e. The fourth-order valence-electron chi connectivity index (χ4n) is 1.61. The molecule has 2 aromatic rings. The van der Waals surface area contributed by atoms with Crippen molar-refractivity contribution < 1.29 is 17.9 Å². The average molecular weight is 341 g/mol. The summed E-state index contributed by atoms with van der Waals surface area (Å²) in [6, 6.07) is 9.14. The third-order valence-electron chi connectivity index (χ3n) is 2.42. The monoisotopic (exact) mass is 340 g/mol. The van der Waals surface area contributed by atoms with E-state index in [1.54, 1.807) is 24.4 Å². The van der Waals surface area contributed by atoms with Gasteiger partial charge in [-0.1, -0.05) is 12.1 Å². The molecule has 2 N–H and O–H groups in total. The standard InChI is InChI=1S/C13H11F3N2O.2ClH/c14-13(15,16)19-11-3-1-2-10(7-11)12-6-9(8-17)4-5-18-12;;/h1-7H,8,17H2;2*1H. The molecule has 0 saturated heterocycles. The molecule has 0 unspecified atom stereocenters. The quantitative estimate of drug-likeness (QED) is 0.920. The first kappa shape index (κ1) is 19.5. The third kappa shape index (κ3) is 5.79. The molecule has 0 amide bonds. The number of ether oxygens (including phenoxy) is 1. The summed E-state index contributed by atoms with van der Waals surface area (Å²) in [6.07, 6.45) is -3.14. The lowest BCUT2D eigenvalue weighted by atomic mass is 10.1. The van der Waals surface area contributed by atoms with Crippen LogP contribution in [0.25, 0.3) is 11.3 Å². The van der Waals surface area contributed by atoms with Crippen molar-refractivity contribution >= 4 is 24.8 Å². The van der Waals surface area contributed by atoms with Crippen LogP contribution in [0.5, 0.6) is 5.75 Å². The maximum atomic E-state index is 12.1. The van der Waals surface area contributed by atoms with Gasteiger partial charge in [0.25, 0.3) is 0 Å². The van der Waals surface area contributed by atoms with Gasteiger partial charge in [-0.05, 0) is 29.8 Å². The average Bonchev–Trinajstić information content (AvgIpc) is 2.37. The Labute approximate surface area is 132 Å². The summed E-state index contributed by atoms with van der Waals surface area (Å²) in [7, 11) is 0. The summed E-state index contributed by atoms with van der Waals surface area (Å²) in [5, 5.41) is 0. The van der Waals surface area contributed by atoms with Gasteiger partial charge in [0, 0.05) is 18.3 Å². The number of aromatic nitrogens is 1. The molecule has 0 spiro atoms. The van der Waals surface area contributed by atoms with E-state index < -0.39 is 6.36 Å². The molecule has 2 rings (SSSR count). The van der Waals surface area contributed by atoms with E-state index in [1.807, 2.05) is 0 Å². The van der Waals surface area contributed by atoms with Crippen LogP contribution in [0, 0.1) is 0 Å². The molecule has 0 atom stereocenters. The predicted octanol–water partition coefficient (Wildman–Crippen LogP) is 3.95. The molecule has 0 bridgehead atoms. The molecular weight excluding hydrogens is 328 g/mol. The van der Waals surface area contributed by atoms with Gasteiger partial charge >= 0.3 is 6.36 Å². The van der Waals surface area contributed by atoms with Crippen molar-refractivity contribution in [3.05, 3.63) is 48.2 Å². The highest BCUT2D eigenvalue weighted by atomic mass is 35.5. The first-order chi connectivity index (χ1) is 8.98. The van der Waals surface area contributed by atoms with E-state index in [0.29, 0.717) is 17.8 Å². The lowest BCUT2D eigenvalue weighted by molar-refractivity contribution is -0.274. The Morgan fingerprint density at radius 2 is 1.81 bits per heavy atom. The van der Waals surface area contributed by atoms with E-state index in [4.69, 9.17) is 5.73 Å². The van der Waals surface area contributed by atoms with Gasteiger partial charge in [0.1, 0.15) is 5.75 Å². The lowest BCUT2D eigenvalue weighted by Gasteiger charge is -2.10.